The maximum atomic E-state index is 13.0. The molecule has 8 heteroatoms. The van der Waals surface area contributed by atoms with Gasteiger partial charge in [-0.2, -0.15) is 0 Å². The predicted molar refractivity (Wildman–Crippen MR) is 106 cm³/mol. The van der Waals surface area contributed by atoms with Crippen molar-refractivity contribution in [3.05, 3.63) is 40.0 Å². The predicted octanol–water partition coefficient (Wildman–Crippen LogP) is 3.22. The zero-order chi connectivity index (χ0) is 23.7. The standard InChI is InChI=1S/C21H22ClN3O4/c1-12(13-2-3-13)25-11-15-8-14(9-16(22)19(15)21(25)27)18-10-17(23-29-18)20(26)24-4-6-28-7-5-24/h8-10,12-13H,2-7,11H2,1H3/i4D2,5D2. The highest BCUT2D eigenvalue weighted by molar-refractivity contribution is 6.34. The van der Waals surface area contributed by atoms with Crippen LogP contribution < -0.4 is 0 Å². The average molecular weight is 420 g/mol. The third-order valence-corrected chi connectivity index (χ3v) is 5.95. The first-order valence-electron chi connectivity index (χ1n) is 11.5. The molecule has 29 heavy (non-hydrogen) atoms. The van der Waals surface area contributed by atoms with Gasteiger partial charge in [0.15, 0.2) is 11.5 Å². The molecular weight excluding hydrogens is 394 g/mol. The van der Waals surface area contributed by atoms with E-state index in [2.05, 4.69) is 5.16 Å². The van der Waals surface area contributed by atoms with Crippen molar-refractivity contribution in [1.82, 2.24) is 15.0 Å². The maximum Gasteiger partial charge on any atom is 0.276 e. The number of carbonyl (C=O) groups is 2. The number of amides is 2. The molecule has 1 atom stereocenters. The Bertz CT molecular complexity index is 1130. The summed E-state index contributed by atoms with van der Waals surface area (Å²) in [6.07, 6.45) is 2.24. The minimum atomic E-state index is -2.35. The molecule has 3 heterocycles. The van der Waals surface area contributed by atoms with E-state index in [1.54, 1.807) is 12.1 Å². The molecule has 3 aliphatic rings. The Morgan fingerprint density at radius 2 is 2.07 bits per heavy atom. The second-order valence-corrected chi connectivity index (χ2v) is 7.94. The maximum absolute atomic E-state index is 13.0. The van der Waals surface area contributed by atoms with Crippen molar-refractivity contribution < 1.29 is 24.3 Å². The summed E-state index contributed by atoms with van der Waals surface area (Å²) < 4.78 is 42.3. The number of nitrogens with zero attached hydrogens (tertiary/aromatic N) is 3. The van der Waals surface area contributed by atoms with Crippen LogP contribution in [0, 0.1) is 5.92 Å². The van der Waals surface area contributed by atoms with Gasteiger partial charge in [0.1, 0.15) is 0 Å². The van der Waals surface area contributed by atoms with Crippen LogP contribution in [-0.2, 0) is 11.3 Å². The molecule has 2 amide bonds. The molecule has 0 spiro atoms. The number of morpholine rings is 1. The first-order chi connectivity index (χ1) is 15.5. The Morgan fingerprint density at radius 3 is 2.79 bits per heavy atom. The summed E-state index contributed by atoms with van der Waals surface area (Å²) in [7, 11) is 0. The Balaban J connectivity index is 1.43. The molecule has 0 radical (unpaired) electrons. The summed E-state index contributed by atoms with van der Waals surface area (Å²) in [6.45, 7) is -3.12. The van der Waals surface area contributed by atoms with Gasteiger partial charge in [-0.1, -0.05) is 16.8 Å². The number of carbonyl (C=O) groups excluding carboxylic acids is 2. The lowest BCUT2D eigenvalue weighted by atomic mass is 10.0. The van der Waals surface area contributed by atoms with Crippen molar-refractivity contribution >= 4 is 23.4 Å². The van der Waals surface area contributed by atoms with E-state index in [-0.39, 0.29) is 28.4 Å². The van der Waals surface area contributed by atoms with E-state index in [0.29, 0.717) is 28.5 Å². The molecular formula is C21H22ClN3O4. The largest absolute Gasteiger partial charge is 0.378 e. The Morgan fingerprint density at radius 1 is 1.31 bits per heavy atom. The highest BCUT2D eigenvalue weighted by Crippen LogP contribution is 2.40. The fourth-order valence-corrected chi connectivity index (χ4v) is 4.15. The molecule has 0 N–H and O–H groups in total. The van der Waals surface area contributed by atoms with E-state index in [1.807, 2.05) is 11.8 Å². The number of fused-ring (bicyclic) bond motifs is 1. The summed E-state index contributed by atoms with van der Waals surface area (Å²) in [5, 5.41) is 4.03. The number of hydrogen-bond acceptors (Lipinski definition) is 5. The summed E-state index contributed by atoms with van der Waals surface area (Å²) in [5.41, 5.74) is 1.52. The van der Waals surface area contributed by atoms with Crippen LogP contribution in [0.15, 0.2) is 22.7 Å². The summed E-state index contributed by atoms with van der Waals surface area (Å²) in [5.74, 6) is -0.313. The summed E-state index contributed by atoms with van der Waals surface area (Å²) >= 11 is 6.45. The van der Waals surface area contributed by atoms with E-state index >= 15 is 0 Å². The molecule has 0 bridgehead atoms. The van der Waals surface area contributed by atoms with Crippen LogP contribution in [0.1, 0.15) is 51.7 Å². The van der Waals surface area contributed by atoms with Crippen LogP contribution in [0.4, 0.5) is 0 Å². The Labute approximate surface area is 179 Å². The third-order valence-electron chi connectivity index (χ3n) is 5.65. The highest BCUT2D eigenvalue weighted by atomic mass is 35.5. The van der Waals surface area contributed by atoms with Gasteiger partial charge in [-0.05, 0) is 43.4 Å². The third kappa shape index (κ3) is 3.32. The van der Waals surface area contributed by atoms with Crippen molar-refractivity contribution in [1.29, 1.82) is 0 Å². The van der Waals surface area contributed by atoms with E-state index in [4.69, 9.17) is 26.3 Å². The van der Waals surface area contributed by atoms with Crippen LogP contribution in [0.25, 0.3) is 11.3 Å². The van der Waals surface area contributed by atoms with Gasteiger partial charge in [0.05, 0.1) is 29.3 Å². The topological polar surface area (TPSA) is 75.9 Å². The SMILES string of the molecule is [2H]C1([2H])COCC([2H])([2H])N1C(=O)c1cc(-c2cc(Cl)c3c(c2)CN(C(C)C2CC2)C3=O)on1. The van der Waals surface area contributed by atoms with Gasteiger partial charge in [-0.15, -0.1) is 0 Å². The zero-order valence-corrected chi connectivity index (χ0v) is 16.5. The number of halogens is 1. The molecule has 1 unspecified atom stereocenters. The Hall–Kier alpha value is -2.38. The van der Waals surface area contributed by atoms with E-state index < -0.39 is 32.1 Å². The summed E-state index contributed by atoms with van der Waals surface area (Å²) in [6, 6.07) is 4.81. The molecule has 1 aliphatic carbocycles. The van der Waals surface area contributed by atoms with Crippen LogP contribution in [0.5, 0.6) is 0 Å². The van der Waals surface area contributed by atoms with Gasteiger partial charge in [0.25, 0.3) is 11.8 Å². The molecule has 1 saturated heterocycles. The quantitative estimate of drug-likeness (QED) is 0.760. The monoisotopic (exact) mass is 419 g/mol. The number of ether oxygens (including phenoxy) is 1. The minimum absolute atomic E-state index is 0.0915. The van der Waals surface area contributed by atoms with Crippen LogP contribution >= 0.6 is 11.6 Å². The molecule has 1 saturated carbocycles. The summed E-state index contributed by atoms with van der Waals surface area (Å²) in [4.78, 5) is 28.2. The Kier molecular flexibility index (Phi) is 3.59. The van der Waals surface area contributed by atoms with Gasteiger partial charge in [0, 0.05) is 37.2 Å². The van der Waals surface area contributed by atoms with Gasteiger partial charge in [-0.25, -0.2) is 0 Å². The lowest BCUT2D eigenvalue weighted by Crippen LogP contribution is -2.40. The fourth-order valence-electron chi connectivity index (χ4n) is 3.83. The second-order valence-electron chi connectivity index (χ2n) is 7.53. The van der Waals surface area contributed by atoms with Crippen LogP contribution in [-0.4, -0.2) is 59.0 Å². The minimum Gasteiger partial charge on any atom is -0.378 e. The molecule has 5 rings (SSSR count). The number of aromatic nitrogens is 1. The first kappa shape index (κ1) is 14.6. The molecule has 2 fully saturated rings. The lowest BCUT2D eigenvalue weighted by Gasteiger charge is -2.25. The zero-order valence-electron chi connectivity index (χ0n) is 19.8. The van der Waals surface area contributed by atoms with Gasteiger partial charge >= 0.3 is 0 Å². The van der Waals surface area contributed by atoms with E-state index in [0.717, 1.165) is 18.4 Å². The smallest absolute Gasteiger partial charge is 0.276 e. The van der Waals surface area contributed by atoms with Gasteiger partial charge < -0.3 is 19.1 Å². The van der Waals surface area contributed by atoms with Crippen molar-refractivity contribution in [2.24, 2.45) is 5.92 Å². The average Bonchev–Trinajstić information content (AvgIpc) is 3.34. The van der Waals surface area contributed by atoms with E-state index in [1.165, 1.54) is 6.07 Å². The number of benzene rings is 1. The highest BCUT2D eigenvalue weighted by Gasteiger charge is 2.39. The second kappa shape index (κ2) is 7.15. The van der Waals surface area contributed by atoms with Crippen molar-refractivity contribution in [2.45, 2.75) is 32.4 Å². The number of hydrogen-bond donors (Lipinski definition) is 0. The fraction of sp³-hybridized carbons (Fsp3) is 0.476. The molecule has 2 aromatic rings. The van der Waals surface area contributed by atoms with Crippen LogP contribution in [0.3, 0.4) is 0 Å². The first-order valence-corrected chi connectivity index (χ1v) is 9.90. The molecule has 1 aromatic heterocycles. The van der Waals surface area contributed by atoms with E-state index in [9.17, 15) is 9.59 Å². The van der Waals surface area contributed by atoms with Gasteiger partial charge in [-0.3, -0.25) is 9.59 Å². The molecule has 2 aliphatic heterocycles. The van der Waals surface area contributed by atoms with Crippen molar-refractivity contribution in [3.63, 3.8) is 0 Å². The molecule has 1 aromatic carbocycles. The molecule has 152 valence electrons. The lowest BCUT2D eigenvalue weighted by molar-refractivity contribution is 0.0296. The normalized spacial score (nSPS) is 25.7. The van der Waals surface area contributed by atoms with Crippen molar-refractivity contribution in [3.8, 4) is 11.3 Å². The molecule has 7 nitrogen and oxygen atoms in total. The van der Waals surface area contributed by atoms with Crippen molar-refractivity contribution in [2.75, 3.05) is 26.2 Å². The van der Waals surface area contributed by atoms with Crippen LogP contribution in [0.2, 0.25) is 5.02 Å². The number of rotatable bonds is 4. The van der Waals surface area contributed by atoms with Gasteiger partial charge in [0.2, 0.25) is 0 Å².